The molecule has 1 heterocycles. The maximum absolute atomic E-state index is 13.2. The molecule has 1 atom stereocenters. The van der Waals surface area contributed by atoms with Gasteiger partial charge >= 0.3 is 0 Å². The van der Waals surface area contributed by atoms with E-state index in [1.165, 1.54) is 28.0 Å². The molecule has 1 aliphatic heterocycles. The van der Waals surface area contributed by atoms with Crippen LogP contribution in [0.2, 0.25) is 0 Å². The Hall–Kier alpha value is -3.93. The van der Waals surface area contributed by atoms with Crippen molar-refractivity contribution in [1.29, 1.82) is 5.26 Å². The van der Waals surface area contributed by atoms with Crippen LogP contribution in [0.4, 0.5) is 22.7 Å². The Labute approximate surface area is 167 Å². The van der Waals surface area contributed by atoms with E-state index >= 15 is 0 Å². The molecular weight excluding hydrogens is 374 g/mol. The summed E-state index contributed by atoms with van der Waals surface area (Å²) in [6, 6.07) is 12.6. The lowest BCUT2D eigenvalue weighted by molar-refractivity contribution is -0.384. The summed E-state index contributed by atoms with van der Waals surface area (Å²) in [6.07, 6.45) is 0.133. The number of likely N-dealkylation sites (N-methyl/N-ethyl adjacent to an activating group) is 1. The van der Waals surface area contributed by atoms with Gasteiger partial charge < -0.3 is 15.1 Å². The molecule has 1 N–H and O–H groups in total. The van der Waals surface area contributed by atoms with Crippen LogP contribution in [0, 0.1) is 21.4 Å². The Bertz CT molecular complexity index is 1030. The molecule has 29 heavy (non-hydrogen) atoms. The minimum atomic E-state index is -0.552. The van der Waals surface area contributed by atoms with Gasteiger partial charge in [0.15, 0.2) is 0 Å². The second-order valence-electron chi connectivity index (χ2n) is 6.81. The maximum atomic E-state index is 13.2. The Morgan fingerprint density at radius 3 is 2.79 bits per heavy atom. The van der Waals surface area contributed by atoms with Crippen molar-refractivity contribution in [2.45, 2.75) is 19.4 Å². The molecular formula is C20H19N5O4. The Kier molecular flexibility index (Phi) is 5.45. The lowest BCUT2D eigenvalue weighted by atomic mass is 10.1. The molecule has 148 valence electrons. The molecule has 1 aliphatic rings. The molecule has 9 heteroatoms. The van der Waals surface area contributed by atoms with Crippen molar-refractivity contribution in [2.24, 2.45) is 0 Å². The smallest absolute Gasteiger partial charge is 0.292 e. The van der Waals surface area contributed by atoms with Crippen molar-refractivity contribution >= 4 is 34.6 Å². The molecule has 1 unspecified atom stereocenters. The molecule has 0 aliphatic carbocycles. The van der Waals surface area contributed by atoms with Crippen molar-refractivity contribution in [2.75, 3.05) is 28.7 Å². The number of carbonyl (C=O) groups excluding carboxylic acids is 2. The van der Waals surface area contributed by atoms with Crippen molar-refractivity contribution in [3.8, 4) is 6.07 Å². The third kappa shape index (κ3) is 4.01. The third-order valence-corrected chi connectivity index (χ3v) is 4.71. The predicted octanol–water partition coefficient (Wildman–Crippen LogP) is 2.67. The fourth-order valence-electron chi connectivity index (χ4n) is 3.39. The first-order valence-electron chi connectivity index (χ1n) is 8.92. The van der Waals surface area contributed by atoms with Crippen LogP contribution in [-0.2, 0) is 9.59 Å². The van der Waals surface area contributed by atoms with Crippen LogP contribution in [0.25, 0.3) is 0 Å². The van der Waals surface area contributed by atoms with Gasteiger partial charge in [-0.05, 0) is 31.2 Å². The van der Waals surface area contributed by atoms with E-state index in [1.54, 1.807) is 38.2 Å². The number of hydrogen-bond donors (Lipinski definition) is 1. The van der Waals surface area contributed by atoms with E-state index < -0.39 is 4.92 Å². The van der Waals surface area contributed by atoms with Crippen LogP contribution < -0.4 is 15.1 Å². The normalized spacial score (nSPS) is 15.6. The van der Waals surface area contributed by atoms with Gasteiger partial charge in [0, 0.05) is 25.6 Å². The highest BCUT2D eigenvalue weighted by Crippen LogP contribution is 2.32. The molecule has 0 bridgehead atoms. The van der Waals surface area contributed by atoms with Gasteiger partial charge in [0.05, 0.1) is 34.5 Å². The zero-order valence-corrected chi connectivity index (χ0v) is 16.0. The molecule has 2 aromatic rings. The van der Waals surface area contributed by atoms with Gasteiger partial charge in [-0.2, -0.15) is 5.26 Å². The number of nitrogens with one attached hydrogen (secondary N) is 1. The van der Waals surface area contributed by atoms with Crippen LogP contribution in [-0.4, -0.2) is 36.4 Å². The number of fused-ring (bicyclic) bond motifs is 1. The van der Waals surface area contributed by atoms with Crippen LogP contribution in [0.15, 0.2) is 42.5 Å². The van der Waals surface area contributed by atoms with E-state index in [0.717, 1.165) is 0 Å². The monoisotopic (exact) mass is 393 g/mol. The van der Waals surface area contributed by atoms with E-state index in [-0.39, 0.29) is 47.8 Å². The number of nitro benzene ring substituents is 1. The van der Waals surface area contributed by atoms with Gasteiger partial charge in [0.2, 0.25) is 11.8 Å². The summed E-state index contributed by atoms with van der Waals surface area (Å²) in [5.74, 6) is -0.508. The Morgan fingerprint density at radius 1 is 1.38 bits per heavy atom. The Balaban J connectivity index is 1.93. The number of carbonyl (C=O) groups is 2. The highest BCUT2D eigenvalue weighted by atomic mass is 16.6. The highest BCUT2D eigenvalue weighted by Gasteiger charge is 2.30. The standard InChI is InChI=1S/C20H19N5O4/c1-13-9-19(26)22-15-5-3-4-6-16(15)24(13)20(27)12-23(2)18-10-14(11-21)7-8-17(18)25(28)29/h3-8,10,13H,9,12H2,1-2H3,(H,22,26). The summed E-state index contributed by atoms with van der Waals surface area (Å²) in [5, 5.41) is 23.3. The quantitative estimate of drug-likeness (QED) is 0.630. The second kappa shape index (κ2) is 7.98. The largest absolute Gasteiger partial charge is 0.360 e. The molecule has 0 radical (unpaired) electrons. The highest BCUT2D eigenvalue weighted by molar-refractivity contribution is 6.05. The first-order chi connectivity index (χ1) is 13.8. The zero-order valence-electron chi connectivity index (χ0n) is 16.0. The van der Waals surface area contributed by atoms with Crippen LogP contribution in [0.5, 0.6) is 0 Å². The number of anilines is 3. The summed E-state index contributed by atoms with van der Waals surface area (Å²) in [6.45, 7) is 1.61. The topological polar surface area (TPSA) is 120 Å². The fourth-order valence-corrected chi connectivity index (χ4v) is 3.39. The SMILES string of the molecule is CC1CC(=O)Nc2ccccc2N1C(=O)CN(C)c1cc(C#N)ccc1[N+](=O)[O-]. The van der Waals surface area contributed by atoms with Crippen molar-refractivity contribution in [3.63, 3.8) is 0 Å². The van der Waals surface area contributed by atoms with E-state index in [1.807, 2.05) is 6.07 Å². The summed E-state index contributed by atoms with van der Waals surface area (Å²) < 4.78 is 0. The fraction of sp³-hybridized carbons (Fsp3) is 0.250. The number of nitrogens with zero attached hydrogens (tertiary/aromatic N) is 4. The van der Waals surface area contributed by atoms with Crippen molar-refractivity contribution in [1.82, 2.24) is 0 Å². The number of hydrogen-bond acceptors (Lipinski definition) is 6. The number of amides is 2. The minimum absolute atomic E-state index is 0.133. The van der Waals surface area contributed by atoms with E-state index in [9.17, 15) is 19.7 Å². The van der Waals surface area contributed by atoms with Crippen molar-refractivity contribution < 1.29 is 14.5 Å². The number of nitriles is 1. The van der Waals surface area contributed by atoms with Gasteiger partial charge in [-0.25, -0.2) is 0 Å². The van der Waals surface area contributed by atoms with Gasteiger partial charge in [0.1, 0.15) is 5.69 Å². The van der Waals surface area contributed by atoms with Gasteiger partial charge in [-0.1, -0.05) is 12.1 Å². The number of para-hydroxylation sites is 2. The van der Waals surface area contributed by atoms with Gasteiger partial charge in [-0.3, -0.25) is 19.7 Å². The summed E-state index contributed by atoms with van der Waals surface area (Å²) in [4.78, 5) is 39.0. The molecule has 0 spiro atoms. The minimum Gasteiger partial charge on any atom is -0.360 e. The molecule has 0 saturated carbocycles. The third-order valence-electron chi connectivity index (χ3n) is 4.71. The predicted molar refractivity (Wildman–Crippen MR) is 108 cm³/mol. The maximum Gasteiger partial charge on any atom is 0.292 e. The number of rotatable bonds is 4. The number of nitro groups is 1. The van der Waals surface area contributed by atoms with E-state index in [2.05, 4.69) is 5.32 Å². The number of benzene rings is 2. The summed E-state index contributed by atoms with van der Waals surface area (Å²) in [7, 11) is 1.55. The van der Waals surface area contributed by atoms with Crippen LogP contribution >= 0.6 is 0 Å². The first kappa shape index (κ1) is 19.8. The van der Waals surface area contributed by atoms with Crippen molar-refractivity contribution in [3.05, 3.63) is 58.1 Å². The van der Waals surface area contributed by atoms with E-state index in [4.69, 9.17) is 5.26 Å². The lowest BCUT2D eigenvalue weighted by Gasteiger charge is -2.30. The molecule has 3 rings (SSSR count). The first-order valence-corrected chi connectivity index (χ1v) is 8.92. The average Bonchev–Trinajstić information content (AvgIpc) is 2.81. The Morgan fingerprint density at radius 2 is 2.10 bits per heavy atom. The van der Waals surface area contributed by atoms with Gasteiger partial charge in [0.25, 0.3) is 5.69 Å². The molecule has 0 fully saturated rings. The molecule has 0 saturated heterocycles. The van der Waals surface area contributed by atoms with Crippen LogP contribution in [0.3, 0.4) is 0 Å². The molecule has 9 nitrogen and oxygen atoms in total. The molecule has 2 aromatic carbocycles. The molecule has 0 aromatic heterocycles. The summed E-state index contributed by atoms with van der Waals surface area (Å²) in [5.41, 5.74) is 1.35. The van der Waals surface area contributed by atoms with Gasteiger partial charge in [-0.15, -0.1) is 0 Å². The lowest BCUT2D eigenvalue weighted by Crippen LogP contribution is -2.44. The zero-order chi connectivity index (χ0) is 21.1. The average molecular weight is 393 g/mol. The van der Waals surface area contributed by atoms with E-state index in [0.29, 0.717) is 11.4 Å². The van der Waals surface area contributed by atoms with Crippen LogP contribution in [0.1, 0.15) is 18.9 Å². The second-order valence-corrected chi connectivity index (χ2v) is 6.81. The summed E-state index contributed by atoms with van der Waals surface area (Å²) >= 11 is 0. The molecule has 2 amide bonds.